The van der Waals surface area contributed by atoms with E-state index in [1.807, 2.05) is 4.68 Å². The molecule has 0 spiro atoms. The van der Waals surface area contributed by atoms with Crippen molar-refractivity contribution >= 4 is 0 Å². The van der Waals surface area contributed by atoms with E-state index < -0.39 is 0 Å². The van der Waals surface area contributed by atoms with Crippen LogP contribution < -0.4 is 0 Å². The van der Waals surface area contributed by atoms with E-state index >= 15 is 0 Å². The van der Waals surface area contributed by atoms with E-state index in [1.54, 1.807) is 6.33 Å². The molecule has 2 rings (SSSR count). The number of hydrogen-bond acceptors (Lipinski definition) is 3. The minimum atomic E-state index is 0.226. The molecule has 0 unspecified atom stereocenters. The predicted octanol–water partition coefficient (Wildman–Crippen LogP) is 0.892. The highest BCUT2D eigenvalue weighted by Gasteiger charge is 2.26. The van der Waals surface area contributed by atoms with Crippen molar-refractivity contribution in [2.75, 3.05) is 6.54 Å². The number of hydrogen-bond donors (Lipinski definition) is 0. The first-order valence-electron chi connectivity index (χ1n) is 4.69. The van der Waals surface area contributed by atoms with Gasteiger partial charge in [0.2, 0.25) is 0 Å². The van der Waals surface area contributed by atoms with Crippen LogP contribution >= 0.6 is 0 Å². The third-order valence-corrected chi connectivity index (χ3v) is 2.55. The van der Waals surface area contributed by atoms with Crippen LogP contribution in [0.15, 0.2) is 6.33 Å². The number of nitrogens with zero attached hydrogens (tertiary/aromatic N) is 4. The van der Waals surface area contributed by atoms with Crippen LogP contribution in [0, 0.1) is 0 Å². The number of rotatable bonds is 0. The third-order valence-electron chi connectivity index (χ3n) is 2.55. The van der Waals surface area contributed by atoms with Gasteiger partial charge in [-0.2, -0.15) is 5.10 Å². The third kappa shape index (κ3) is 1.58. The van der Waals surface area contributed by atoms with Crippen molar-refractivity contribution in [2.45, 2.75) is 39.4 Å². The topological polar surface area (TPSA) is 34.0 Å². The van der Waals surface area contributed by atoms with Gasteiger partial charge in [0.05, 0.1) is 6.67 Å². The average Bonchev–Trinajstić information content (AvgIpc) is 2.47. The van der Waals surface area contributed by atoms with E-state index in [4.69, 9.17) is 0 Å². The zero-order chi connectivity index (χ0) is 9.47. The number of aromatic nitrogens is 3. The lowest BCUT2D eigenvalue weighted by molar-refractivity contribution is 0.0746. The Morgan fingerprint density at radius 3 is 2.85 bits per heavy atom. The highest BCUT2D eigenvalue weighted by Crippen LogP contribution is 2.18. The van der Waals surface area contributed by atoms with E-state index in [0.717, 1.165) is 25.5 Å². The second kappa shape index (κ2) is 2.80. The molecule has 13 heavy (non-hydrogen) atoms. The Hall–Kier alpha value is -0.900. The van der Waals surface area contributed by atoms with E-state index in [0.29, 0.717) is 0 Å². The average molecular weight is 180 g/mol. The Balaban J connectivity index is 2.18. The van der Waals surface area contributed by atoms with Crippen LogP contribution in [0.25, 0.3) is 0 Å². The zero-order valence-corrected chi connectivity index (χ0v) is 8.49. The fourth-order valence-corrected chi connectivity index (χ4v) is 1.61. The van der Waals surface area contributed by atoms with Crippen molar-refractivity contribution in [1.29, 1.82) is 0 Å². The maximum Gasteiger partial charge on any atom is 0.138 e. The van der Waals surface area contributed by atoms with Crippen molar-refractivity contribution in [3.63, 3.8) is 0 Å². The summed E-state index contributed by atoms with van der Waals surface area (Å²) in [5, 5.41) is 4.18. The fraction of sp³-hybridized carbons (Fsp3) is 0.778. The summed E-state index contributed by atoms with van der Waals surface area (Å²) < 4.78 is 1.98. The van der Waals surface area contributed by atoms with Crippen molar-refractivity contribution in [1.82, 2.24) is 19.7 Å². The summed E-state index contributed by atoms with van der Waals surface area (Å²) >= 11 is 0. The molecule has 0 bridgehead atoms. The molecule has 0 aromatic carbocycles. The molecule has 0 aliphatic carbocycles. The minimum Gasteiger partial charge on any atom is -0.279 e. The van der Waals surface area contributed by atoms with Crippen LogP contribution in [-0.4, -0.2) is 31.7 Å². The smallest absolute Gasteiger partial charge is 0.138 e. The van der Waals surface area contributed by atoms with E-state index in [-0.39, 0.29) is 5.54 Å². The molecule has 0 saturated heterocycles. The molecule has 0 saturated carbocycles. The van der Waals surface area contributed by atoms with Gasteiger partial charge >= 0.3 is 0 Å². The Kier molecular flexibility index (Phi) is 1.87. The van der Waals surface area contributed by atoms with Gasteiger partial charge in [-0.15, -0.1) is 0 Å². The first kappa shape index (κ1) is 8.69. The molecule has 0 radical (unpaired) electrons. The summed E-state index contributed by atoms with van der Waals surface area (Å²) in [6, 6.07) is 0. The van der Waals surface area contributed by atoms with Gasteiger partial charge in [-0.25, -0.2) is 9.67 Å². The van der Waals surface area contributed by atoms with Crippen LogP contribution in [0.1, 0.15) is 26.6 Å². The van der Waals surface area contributed by atoms with Gasteiger partial charge in [-0.1, -0.05) is 0 Å². The lowest BCUT2D eigenvalue weighted by atomic mass is 10.1. The Morgan fingerprint density at radius 1 is 1.38 bits per heavy atom. The molecular weight excluding hydrogens is 164 g/mol. The Morgan fingerprint density at radius 2 is 2.15 bits per heavy atom. The molecule has 0 amide bonds. The standard InChI is InChI=1S/C9H16N4/c1-9(2,3)12-5-4-8-10-6-11-13(8)7-12/h6H,4-5,7H2,1-3H3. The first-order valence-corrected chi connectivity index (χ1v) is 4.69. The molecule has 0 N–H and O–H groups in total. The maximum atomic E-state index is 4.20. The van der Waals surface area contributed by atoms with Crippen molar-refractivity contribution in [2.24, 2.45) is 0 Å². The molecule has 0 fully saturated rings. The summed E-state index contributed by atoms with van der Waals surface area (Å²) in [5.41, 5.74) is 0.226. The molecule has 1 aliphatic heterocycles. The molecule has 0 atom stereocenters. The van der Waals surface area contributed by atoms with Gasteiger partial charge in [0.25, 0.3) is 0 Å². The lowest BCUT2D eigenvalue weighted by Gasteiger charge is -2.37. The molecule has 1 aromatic rings. The summed E-state index contributed by atoms with van der Waals surface area (Å²) in [6.07, 6.45) is 2.65. The Bertz CT molecular complexity index is 297. The quantitative estimate of drug-likeness (QED) is 0.594. The summed E-state index contributed by atoms with van der Waals surface area (Å²) in [4.78, 5) is 6.61. The summed E-state index contributed by atoms with van der Waals surface area (Å²) in [6.45, 7) is 8.65. The highest BCUT2D eigenvalue weighted by atomic mass is 15.4. The molecule has 1 aromatic heterocycles. The van der Waals surface area contributed by atoms with Crippen LogP contribution in [-0.2, 0) is 13.1 Å². The predicted molar refractivity (Wildman–Crippen MR) is 50.2 cm³/mol. The molecule has 1 aliphatic rings. The highest BCUT2D eigenvalue weighted by molar-refractivity contribution is 4.91. The van der Waals surface area contributed by atoms with Crippen molar-refractivity contribution in [3.05, 3.63) is 12.2 Å². The molecule has 2 heterocycles. The SMILES string of the molecule is CC(C)(C)N1CCc2ncnn2C1. The second-order valence-electron chi connectivity index (χ2n) is 4.50. The summed E-state index contributed by atoms with van der Waals surface area (Å²) in [5.74, 6) is 1.11. The molecular formula is C9H16N4. The summed E-state index contributed by atoms with van der Waals surface area (Å²) in [7, 11) is 0. The Labute approximate surface area is 78.6 Å². The molecule has 4 heteroatoms. The van der Waals surface area contributed by atoms with E-state index in [1.165, 1.54) is 0 Å². The second-order valence-corrected chi connectivity index (χ2v) is 4.50. The first-order chi connectivity index (χ1) is 6.07. The fourth-order valence-electron chi connectivity index (χ4n) is 1.61. The van der Waals surface area contributed by atoms with Crippen LogP contribution in [0.4, 0.5) is 0 Å². The normalized spacial score (nSPS) is 18.7. The molecule has 4 nitrogen and oxygen atoms in total. The maximum absolute atomic E-state index is 4.20. The van der Waals surface area contributed by atoms with Crippen molar-refractivity contribution < 1.29 is 0 Å². The van der Waals surface area contributed by atoms with Crippen LogP contribution in [0.3, 0.4) is 0 Å². The van der Waals surface area contributed by atoms with Gasteiger partial charge in [0, 0.05) is 18.5 Å². The molecule has 72 valence electrons. The van der Waals surface area contributed by atoms with Crippen LogP contribution in [0.5, 0.6) is 0 Å². The van der Waals surface area contributed by atoms with Gasteiger partial charge < -0.3 is 0 Å². The van der Waals surface area contributed by atoms with Crippen molar-refractivity contribution in [3.8, 4) is 0 Å². The van der Waals surface area contributed by atoms with Gasteiger partial charge in [-0.05, 0) is 20.8 Å². The monoisotopic (exact) mass is 180 g/mol. The van der Waals surface area contributed by atoms with Crippen LogP contribution in [0.2, 0.25) is 0 Å². The van der Waals surface area contributed by atoms with Gasteiger partial charge in [-0.3, -0.25) is 4.90 Å². The van der Waals surface area contributed by atoms with E-state index in [2.05, 4.69) is 35.8 Å². The largest absolute Gasteiger partial charge is 0.279 e. The van der Waals surface area contributed by atoms with Gasteiger partial charge in [0.1, 0.15) is 12.2 Å². The van der Waals surface area contributed by atoms with Gasteiger partial charge in [0.15, 0.2) is 0 Å². The van der Waals surface area contributed by atoms with E-state index in [9.17, 15) is 0 Å². The number of fused-ring (bicyclic) bond motifs is 1. The zero-order valence-electron chi connectivity index (χ0n) is 8.49. The minimum absolute atomic E-state index is 0.226. The lowest BCUT2D eigenvalue weighted by Crippen LogP contribution is -2.46.